The number of ether oxygens (including phenoxy) is 1. The third kappa shape index (κ3) is 2.16. The first-order valence-corrected chi connectivity index (χ1v) is 6.41. The maximum absolute atomic E-state index is 12.5. The quantitative estimate of drug-likeness (QED) is 0.297. The molecular formula is C12H21N3O3. The van der Waals surface area contributed by atoms with Crippen LogP contribution in [0.2, 0.25) is 0 Å². The molecule has 1 aliphatic heterocycles. The van der Waals surface area contributed by atoms with Crippen molar-refractivity contribution in [1.82, 2.24) is 5.32 Å². The molecule has 18 heavy (non-hydrogen) atoms. The van der Waals surface area contributed by atoms with E-state index in [9.17, 15) is 4.79 Å². The number of amides is 1. The molecule has 1 saturated heterocycles. The highest BCUT2D eigenvalue weighted by Crippen LogP contribution is 2.36. The van der Waals surface area contributed by atoms with Gasteiger partial charge in [0.05, 0.1) is 0 Å². The molecule has 0 atom stereocenters. The summed E-state index contributed by atoms with van der Waals surface area (Å²) in [5.74, 6) is -0.144. The summed E-state index contributed by atoms with van der Waals surface area (Å²) in [5, 5.41) is 15.0. The molecule has 0 spiro atoms. The Morgan fingerprint density at radius 2 is 1.94 bits per heavy atom. The van der Waals surface area contributed by atoms with Gasteiger partial charge in [0.15, 0.2) is 5.84 Å². The zero-order valence-corrected chi connectivity index (χ0v) is 10.7. The molecule has 0 unspecified atom stereocenters. The largest absolute Gasteiger partial charge is 0.409 e. The monoisotopic (exact) mass is 255 g/mol. The van der Waals surface area contributed by atoms with Gasteiger partial charge < -0.3 is 21.0 Å². The zero-order valence-electron chi connectivity index (χ0n) is 10.7. The van der Waals surface area contributed by atoms with Crippen LogP contribution in [0.25, 0.3) is 0 Å². The Morgan fingerprint density at radius 1 is 1.33 bits per heavy atom. The minimum absolute atomic E-state index is 0.00813. The summed E-state index contributed by atoms with van der Waals surface area (Å²) in [7, 11) is 0. The van der Waals surface area contributed by atoms with Gasteiger partial charge in [-0.2, -0.15) is 0 Å². The van der Waals surface area contributed by atoms with Gasteiger partial charge in [0.1, 0.15) is 5.41 Å². The summed E-state index contributed by atoms with van der Waals surface area (Å²) < 4.78 is 5.27. The number of carbonyl (C=O) groups is 1. The Kier molecular flexibility index (Phi) is 3.47. The summed E-state index contributed by atoms with van der Waals surface area (Å²) in [6, 6.07) is 0. The first kappa shape index (κ1) is 13.1. The Hall–Kier alpha value is -1.30. The smallest absolute Gasteiger partial charge is 0.234 e. The van der Waals surface area contributed by atoms with Gasteiger partial charge >= 0.3 is 0 Å². The molecule has 1 heterocycles. The van der Waals surface area contributed by atoms with Gasteiger partial charge in [-0.25, -0.2) is 0 Å². The highest BCUT2D eigenvalue weighted by Gasteiger charge is 2.47. The summed E-state index contributed by atoms with van der Waals surface area (Å²) in [4.78, 5) is 12.5. The fourth-order valence-corrected chi connectivity index (χ4v) is 2.64. The van der Waals surface area contributed by atoms with Gasteiger partial charge in [-0.1, -0.05) is 5.16 Å². The number of amidine groups is 1. The molecule has 2 aliphatic rings. The van der Waals surface area contributed by atoms with Crippen LogP contribution in [0.1, 0.15) is 39.0 Å². The van der Waals surface area contributed by atoms with Gasteiger partial charge in [0.25, 0.3) is 0 Å². The molecule has 0 radical (unpaired) electrons. The highest BCUT2D eigenvalue weighted by molar-refractivity contribution is 6.07. The van der Waals surface area contributed by atoms with Gasteiger partial charge in [0, 0.05) is 18.8 Å². The van der Waals surface area contributed by atoms with E-state index < -0.39 is 5.41 Å². The van der Waals surface area contributed by atoms with E-state index in [4.69, 9.17) is 15.7 Å². The Balaban J connectivity index is 2.15. The number of hydrogen-bond acceptors (Lipinski definition) is 4. The summed E-state index contributed by atoms with van der Waals surface area (Å²) in [6.07, 6.45) is 4.04. The molecule has 0 aromatic heterocycles. The van der Waals surface area contributed by atoms with E-state index in [1.54, 1.807) is 0 Å². The average molecular weight is 255 g/mol. The molecule has 102 valence electrons. The highest BCUT2D eigenvalue weighted by atomic mass is 16.5. The predicted octanol–water partition coefficient (Wildman–Crippen LogP) is 0.588. The number of nitrogens with one attached hydrogen (secondary N) is 1. The average Bonchev–Trinajstić information content (AvgIpc) is 2.36. The normalized spacial score (nSPS) is 26.2. The van der Waals surface area contributed by atoms with Crippen molar-refractivity contribution in [3.05, 3.63) is 0 Å². The Bertz CT molecular complexity index is 358. The minimum Gasteiger partial charge on any atom is -0.409 e. The van der Waals surface area contributed by atoms with Crippen LogP contribution >= 0.6 is 0 Å². The second kappa shape index (κ2) is 4.76. The molecule has 1 aliphatic carbocycles. The van der Waals surface area contributed by atoms with Crippen molar-refractivity contribution >= 4 is 11.7 Å². The van der Waals surface area contributed by atoms with Crippen LogP contribution in [0.4, 0.5) is 0 Å². The van der Waals surface area contributed by atoms with Crippen molar-refractivity contribution in [2.75, 3.05) is 13.2 Å². The standard InChI is InChI=1S/C12H21N3O3/c1-11(3-2-4-11)14-10(16)12(9(13)15-17)5-7-18-8-6-12/h17H,2-8H2,1H3,(H2,13,15)(H,14,16). The van der Waals surface area contributed by atoms with Gasteiger partial charge in [-0.05, 0) is 39.0 Å². The number of oxime groups is 1. The summed E-state index contributed by atoms with van der Waals surface area (Å²) in [5.41, 5.74) is 4.71. The van der Waals surface area contributed by atoms with E-state index in [-0.39, 0.29) is 17.3 Å². The number of nitrogens with zero attached hydrogens (tertiary/aromatic N) is 1. The van der Waals surface area contributed by atoms with Crippen molar-refractivity contribution in [3.8, 4) is 0 Å². The van der Waals surface area contributed by atoms with E-state index in [2.05, 4.69) is 10.5 Å². The fourth-order valence-electron chi connectivity index (χ4n) is 2.64. The maximum Gasteiger partial charge on any atom is 0.234 e. The first-order valence-electron chi connectivity index (χ1n) is 6.41. The summed E-state index contributed by atoms with van der Waals surface area (Å²) >= 11 is 0. The number of rotatable bonds is 3. The molecule has 2 rings (SSSR count). The molecule has 6 heteroatoms. The van der Waals surface area contributed by atoms with Crippen LogP contribution in [0.5, 0.6) is 0 Å². The number of carbonyl (C=O) groups excluding carboxylic acids is 1. The third-order valence-corrected chi connectivity index (χ3v) is 4.25. The van der Waals surface area contributed by atoms with Crippen LogP contribution < -0.4 is 11.1 Å². The fraction of sp³-hybridized carbons (Fsp3) is 0.833. The lowest BCUT2D eigenvalue weighted by molar-refractivity contribution is -0.134. The molecule has 0 aromatic carbocycles. The molecule has 0 aromatic rings. The van der Waals surface area contributed by atoms with E-state index >= 15 is 0 Å². The topological polar surface area (TPSA) is 96.9 Å². The number of nitrogens with two attached hydrogens (primary N) is 1. The third-order valence-electron chi connectivity index (χ3n) is 4.25. The summed E-state index contributed by atoms with van der Waals surface area (Å²) in [6.45, 7) is 2.95. The zero-order chi connectivity index (χ0) is 13.2. The van der Waals surface area contributed by atoms with Crippen molar-refractivity contribution in [2.24, 2.45) is 16.3 Å². The SMILES string of the molecule is CC1(NC(=O)C2(C(N)=NO)CCOCC2)CCC1. The van der Waals surface area contributed by atoms with Crippen molar-refractivity contribution in [2.45, 2.75) is 44.6 Å². The van der Waals surface area contributed by atoms with Crippen LogP contribution in [-0.2, 0) is 9.53 Å². The Labute approximate surface area is 107 Å². The molecule has 1 amide bonds. The minimum atomic E-state index is -0.911. The molecule has 6 nitrogen and oxygen atoms in total. The van der Waals surface area contributed by atoms with Crippen molar-refractivity contribution in [3.63, 3.8) is 0 Å². The van der Waals surface area contributed by atoms with E-state index in [1.807, 2.05) is 6.92 Å². The van der Waals surface area contributed by atoms with E-state index in [1.165, 1.54) is 0 Å². The van der Waals surface area contributed by atoms with Crippen LogP contribution in [0.15, 0.2) is 5.16 Å². The lowest BCUT2D eigenvalue weighted by atomic mass is 9.74. The molecular weight excluding hydrogens is 234 g/mol. The molecule has 2 fully saturated rings. The van der Waals surface area contributed by atoms with Crippen LogP contribution in [0.3, 0.4) is 0 Å². The van der Waals surface area contributed by atoms with Gasteiger partial charge in [0.2, 0.25) is 5.91 Å². The molecule has 0 bridgehead atoms. The van der Waals surface area contributed by atoms with Crippen molar-refractivity contribution < 1.29 is 14.7 Å². The lowest BCUT2D eigenvalue weighted by Crippen LogP contribution is -2.60. The number of hydrogen-bond donors (Lipinski definition) is 3. The molecule has 1 saturated carbocycles. The van der Waals surface area contributed by atoms with Gasteiger partial charge in [-0.15, -0.1) is 0 Å². The lowest BCUT2D eigenvalue weighted by Gasteiger charge is -2.43. The maximum atomic E-state index is 12.5. The van der Waals surface area contributed by atoms with Crippen LogP contribution in [-0.4, -0.2) is 35.7 Å². The second-order valence-corrected chi connectivity index (χ2v) is 5.55. The van der Waals surface area contributed by atoms with E-state index in [0.717, 1.165) is 19.3 Å². The van der Waals surface area contributed by atoms with E-state index in [0.29, 0.717) is 26.1 Å². The van der Waals surface area contributed by atoms with Crippen LogP contribution in [0, 0.1) is 5.41 Å². The molecule has 4 N–H and O–H groups in total. The predicted molar refractivity (Wildman–Crippen MR) is 66.3 cm³/mol. The van der Waals surface area contributed by atoms with Crippen molar-refractivity contribution in [1.29, 1.82) is 0 Å². The first-order chi connectivity index (χ1) is 8.52. The Morgan fingerprint density at radius 3 is 2.39 bits per heavy atom. The van der Waals surface area contributed by atoms with Gasteiger partial charge in [-0.3, -0.25) is 4.79 Å². The second-order valence-electron chi connectivity index (χ2n) is 5.55.